The largest absolute Gasteiger partial charge is 0.481 e. The second kappa shape index (κ2) is 6.35. The number of anilines is 2. The van der Waals surface area contributed by atoms with Crippen molar-refractivity contribution in [2.45, 2.75) is 64.3 Å². The summed E-state index contributed by atoms with van der Waals surface area (Å²) in [5, 5.41) is 9.19. The number of carbonyl (C=O) groups is 1. The normalized spacial score (nSPS) is 34.5. The lowest BCUT2D eigenvalue weighted by Gasteiger charge is -2.54. The van der Waals surface area contributed by atoms with E-state index in [0.717, 1.165) is 37.8 Å². The van der Waals surface area contributed by atoms with Crippen molar-refractivity contribution in [3.8, 4) is 0 Å². The zero-order valence-corrected chi connectivity index (χ0v) is 16.4. The highest BCUT2D eigenvalue weighted by Crippen LogP contribution is 2.49. The molecule has 2 bridgehead atoms. The summed E-state index contributed by atoms with van der Waals surface area (Å²) in [6.07, 6.45) is 6.24. The Morgan fingerprint density at radius 1 is 1.19 bits per heavy atom. The standard InChI is InChI=1S/C21H30N4O2/c1-12-4-3-5-16-19(12)22-21(25-7-6-13(25)2)23-20(16)24-10-14-8-15(11-24)17(14)9-18(26)27/h12-15,17H,3-11H2,1-2H3,(H,26,27)/t12-,13+,14-,15+,17+/m1/s1. The number of aliphatic carboxylic acids is 1. The second-order valence-electron chi connectivity index (χ2n) is 9.26. The number of aromatic nitrogens is 2. The van der Waals surface area contributed by atoms with Crippen LogP contribution in [0, 0.1) is 17.8 Å². The van der Waals surface area contributed by atoms with Crippen LogP contribution < -0.4 is 9.80 Å². The van der Waals surface area contributed by atoms with Crippen LogP contribution in [0.2, 0.25) is 0 Å². The molecule has 27 heavy (non-hydrogen) atoms. The van der Waals surface area contributed by atoms with Crippen molar-refractivity contribution in [3.05, 3.63) is 11.3 Å². The van der Waals surface area contributed by atoms with Crippen molar-refractivity contribution < 1.29 is 9.90 Å². The van der Waals surface area contributed by atoms with E-state index in [4.69, 9.17) is 9.97 Å². The molecule has 4 fully saturated rings. The van der Waals surface area contributed by atoms with Gasteiger partial charge in [-0.3, -0.25) is 4.79 Å². The van der Waals surface area contributed by atoms with Gasteiger partial charge in [-0.2, -0.15) is 4.98 Å². The van der Waals surface area contributed by atoms with E-state index in [2.05, 4.69) is 23.6 Å². The molecule has 5 aliphatic rings. The van der Waals surface area contributed by atoms with Crippen LogP contribution in [0.25, 0.3) is 0 Å². The monoisotopic (exact) mass is 370 g/mol. The maximum Gasteiger partial charge on any atom is 0.303 e. The number of hydrogen-bond donors (Lipinski definition) is 1. The van der Waals surface area contributed by atoms with Gasteiger partial charge in [0.1, 0.15) is 5.82 Å². The number of nitrogens with zero attached hydrogens (tertiary/aromatic N) is 4. The number of rotatable bonds is 4. The topological polar surface area (TPSA) is 69.6 Å². The van der Waals surface area contributed by atoms with Crippen LogP contribution >= 0.6 is 0 Å². The molecule has 1 aromatic rings. The number of carboxylic acid groups (broad SMARTS) is 1. The lowest BCUT2D eigenvalue weighted by Crippen LogP contribution is -2.56. The van der Waals surface area contributed by atoms with Crippen molar-refractivity contribution >= 4 is 17.7 Å². The van der Waals surface area contributed by atoms with Gasteiger partial charge in [0.2, 0.25) is 5.95 Å². The smallest absolute Gasteiger partial charge is 0.303 e. The Hall–Kier alpha value is -1.85. The maximum atomic E-state index is 11.2. The minimum atomic E-state index is -0.648. The molecule has 1 saturated carbocycles. The fraction of sp³-hybridized carbons (Fsp3) is 0.762. The summed E-state index contributed by atoms with van der Waals surface area (Å²) in [6, 6.07) is 0.532. The molecule has 5 atom stereocenters. The van der Waals surface area contributed by atoms with E-state index in [-0.39, 0.29) is 0 Å². The van der Waals surface area contributed by atoms with Crippen LogP contribution in [0.15, 0.2) is 0 Å². The minimum absolute atomic E-state index is 0.332. The Morgan fingerprint density at radius 3 is 2.59 bits per heavy atom. The van der Waals surface area contributed by atoms with Gasteiger partial charge in [0.05, 0.1) is 5.69 Å². The van der Waals surface area contributed by atoms with Gasteiger partial charge in [-0.25, -0.2) is 4.98 Å². The zero-order chi connectivity index (χ0) is 18.7. The molecule has 1 aromatic heterocycles. The first kappa shape index (κ1) is 17.3. The molecule has 6 heteroatoms. The van der Waals surface area contributed by atoms with Gasteiger partial charge in [0.15, 0.2) is 0 Å². The van der Waals surface area contributed by atoms with Crippen molar-refractivity contribution in [2.75, 3.05) is 29.4 Å². The first-order valence-electron chi connectivity index (χ1n) is 10.7. The van der Waals surface area contributed by atoms with Gasteiger partial charge < -0.3 is 14.9 Å². The summed E-state index contributed by atoms with van der Waals surface area (Å²) >= 11 is 0. The van der Waals surface area contributed by atoms with Crippen LogP contribution in [-0.4, -0.2) is 46.7 Å². The summed E-state index contributed by atoms with van der Waals surface area (Å²) in [5.74, 6) is 3.32. The lowest BCUT2D eigenvalue weighted by molar-refractivity contribution is -0.141. The van der Waals surface area contributed by atoms with Crippen molar-refractivity contribution in [1.29, 1.82) is 0 Å². The molecule has 146 valence electrons. The predicted octanol–water partition coefficient (Wildman–Crippen LogP) is 3.06. The molecular weight excluding hydrogens is 340 g/mol. The van der Waals surface area contributed by atoms with Crippen LogP contribution in [0.1, 0.15) is 63.1 Å². The van der Waals surface area contributed by atoms with E-state index in [1.807, 2.05) is 0 Å². The fourth-order valence-corrected chi connectivity index (χ4v) is 5.75. The van der Waals surface area contributed by atoms with Gasteiger partial charge in [-0.05, 0) is 62.7 Å². The van der Waals surface area contributed by atoms with Gasteiger partial charge in [-0.15, -0.1) is 0 Å². The molecule has 0 unspecified atom stereocenters. The Bertz CT molecular complexity index is 755. The minimum Gasteiger partial charge on any atom is -0.481 e. The summed E-state index contributed by atoms with van der Waals surface area (Å²) in [4.78, 5) is 26.1. The van der Waals surface area contributed by atoms with Crippen molar-refractivity contribution in [1.82, 2.24) is 9.97 Å². The van der Waals surface area contributed by atoms with E-state index in [1.165, 1.54) is 36.9 Å². The highest BCUT2D eigenvalue weighted by molar-refractivity contribution is 5.67. The predicted molar refractivity (Wildman–Crippen MR) is 104 cm³/mol. The van der Waals surface area contributed by atoms with E-state index < -0.39 is 5.97 Å². The number of carboxylic acids is 1. The molecule has 0 aromatic carbocycles. The Kier molecular flexibility index (Phi) is 4.06. The van der Waals surface area contributed by atoms with Crippen molar-refractivity contribution in [2.24, 2.45) is 17.8 Å². The molecule has 4 heterocycles. The number of piperidine rings is 2. The van der Waals surface area contributed by atoms with E-state index in [0.29, 0.717) is 36.1 Å². The van der Waals surface area contributed by atoms with Crippen LogP contribution in [0.3, 0.4) is 0 Å². The summed E-state index contributed by atoms with van der Waals surface area (Å²) < 4.78 is 0. The van der Waals surface area contributed by atoms with Gasteiger partial charge in [-0.1, -0.05) is 6.92 Å². The van der Waals surface area contributed by atoms with Crippen LogP contribution in [-0.2, 0) is 11.2 Å². The number of fused-ring (bicyclic) bond motifs is 3. The van der Waals surface area contributed by atoms with E-state index in [1.54, 1.807) is 0 Å². The second-order valence-corrected chi connectivity index (χ2v) is 9.26. The Balaban J connectivity index is 1.46. The highest BCUT2D eigenvalue weighted by atomic mass is 16.4. The number of hydrogen-bond acceptors (Lipinski definition) is 5. The van der Waals surface area contributed by atoms with Gasteiger partial charge in [0, 0.05) is 37.7 Å². The Labute approximate surface area is 161 Å². The summed E-state index contributed by atoms with van der Waals surface area (Å²) in [5.41, 5.74) is 2.63. The summed E-state index contributed by atoms with van der Waals surface area (Å²) in [7, 11) is 0. The van der Waals surface area contributed by atoms with Gasteiger partial charge in [0.25, 0.3) is 0 Å². The molecule has 0 spiro atoms. The van der Waals surface area contributed by atoms with Crippen molar-refractivity contribution in [3.63, 3.8) is 0 Å². The molecule has 6 rings (SSSR count). The van der Waals surface area contributed by atoms with E-state index >= 15 is 0 Å². The first-order chi connectivity index (χ1) is 13.0. The first-order valence-corrected chi connectivity index (χ1v) is 10.7. The zero-order valence-electron chi connectivity index (χ0n) is 16.4. The molecule has 0 amide bonds. The lowest BCUT2D eigenvalue weighted by atomic mass is 9.60. The average molecular weight is 370 g/mol. The molecule has 3 aliphatic heterocycles. The van der Waals surface area contributed by atoms with Crippen LogP contribution in [0.4, 0.5) is 11.8 Å². The fourth-order valence-electron chi connectivity index (χ4n) is 5.75. The quantitative estimate of drug-likeness (QED) is 0.878. The molecular formula is C21H30N4O2. The molecule has 2 aliphatic carbocycles. The third kappa shape index (κ3) is 2.79. The van der Waals surface area contributed by atoms with E-state index in [9.17, 15) is 9.90 Å². The highest BCUT2D eigenvalue weighted by Gasteiger charge is 2.48. The molecule has 1 N–H and O–H groups in total. The van der Waals surface area contributed by atoms with Gasteiger partial charge >= 0.3 is 5.97 Å². The SMILES string of the molecule is C[C@@H]1CCCc2c1nc(N1CC[C@@H]1C)nc2N1C[C@H]2C[C@@H](C1)[C@H]2CC(=O)O. The third-order valence-electron chi connectivity index (χ3n) is 7.55. The summed E-state index contributed by atoms with van der Waals surface area (Å²) in [6.45, 7) is 7.53. The molecule has 0 radical (unpaired) electrons. The molecule has 3 saturated heterocycles. The maximum absolute atomic E-state index is 11.2. The van der Waals surface area contributed by atoms with Crippen LogP contribution in [0.5, 0.6) is 0 Å². The Morgan fingerprint density at radius 2 is 1.96 bits per heavy atom. The molecule has 6 nitrogen and oxygen atoms in total. The third-order valence-corrected chi connectivity index (χ3v) is 7.55. The average Bonchev–Trinajstić information content (AvgIpc) is 2.65.